The van der Waals surface area contributed by atoms with Crippen LogP contribution in [0.25, 0.3) is 0 Å². The summed E-state index contributed by atoms with van der Waals surface area (Å²) < 4.78 is 0. The third-order valence-electron chi connectivity index (χ3n) is 5.86. The molecule has 2 amide bonds. The highest BCUT2D eigenvalue weighted by Crippen LogP contribution is 2.28. The Morgan fingerprint density at radius 3 is 2.60 bits per heavy atom. The summed E-state index contributed by atoms with van der Waals surface area (Å²) in [4.78, 5) is 31.0. The van der Waals surface area contributed by atoms with E-state index in [1.807, 2.05) is 29.2 Å². The van der Waals surface area contributed by atoms with Crippen molar-refractivity contribution in [1.29, 1.82) is 0 Å². The second kappa shape index (κ2) is 9.47. The Morgan fingerprint density at radius 2 is 1.90 bits per heavy atom. The van der Waals surface area contributed by atoms with Gasteiger partial charge < -0.3 is 15.5 Å². The molecule has 0 unspecified atom stereocenters. The van der Waals surface area contributed by atoms with Crippen LogP contribution in [0.2, 0.25) is 5.02 Å². The monoisotopic (exact) mass is 426 g/mol. The zero-order valence-corrected chi connectivity index (χ0v) is 17.8. The van der Waals surface area contributed by atoms with Crippen molar-refractivity contribution in [3.8, 4) is 0 Å². The molecule has 6 nitrogen and oxygen atoms in total. The van der Waals surface area contributed by atoms with Crippen LogP contribution < -0.4 is 10.6 Å². The van der Waals surface area contributed by atoms with Crippen LogP contribution in [0, 0.1) is 5.92 Å². The van der Waals surface area contributed by atoms with E-state index in [0.29, 0.717) is 22.9 Å². The van der Waals surface area contributed by atoms with E-state index in [4.69, 9.17) is 11.6 Å². The van der Waals surface area contributed by atoms with Gasteiger partial charge in [-0.05, 0) is 55.9 Å². The molecule has 158 valence electrons. The first-order chi connectivity index (χ1) is 14.6. The van der Waals surface area contributed by atoms with Gasteiger partial charge in [-0.25, -0.2) is 4.98 Å². The summed E-state index contributed by atoms with van der Waals surface area (Å²) in [5, 5.41) is 6.64. The molecule has 2 fully saturated rings. The van der Waals surface area contributed by atoms with E-state index in [1.54, 1.807) is 12.3 Å². The van der Waals surface area contributed by atoms with Gasteiger partial charge in [0.15, 0.2) is 0 Å². The summed E-state index contributed by atoms with van der Waals surface area (Å²) >= 11 is 6.38. The van der Waals surface area contributed by atoms with Gasteiger partial charge in [0.1, 0.15) is 5.82 Å². The number of nitrogens with one attached hydrogen (secondary N) is 2. The molecule has 0 spiro atoms. The summed E-state index contributed by atoms with van der Waals surface area (Å²) in [6, 6.07) is 9.43. The quantitative estimate of drug-likeness (QED) is 0.701. The van der Waals surface area contributed by atoms with E-state index in [9.17, 15) is 9.59 Å². The molecule has 1 aromatic carbocycles. The normalized spacial score (nSPS) is 16.6. The summed E-state index contributed by atoms with van der Waals surface area (Å²) in [5.41, 5.74) is 2.33. The Balaban J connectivity index is 1.36. The number of likely N-dealkylation sites (tertiary alicyclic amines) is 1. The molecule has 30 heavy (non-hydrogen) atoms. The molecule has 1 saturated heterocycles. The third kappa shape index (κ3) is 4.93. The average Bonchev–Trinajstić information content (AvgIpc) is 2.72. The Kier molecular flexibility index (Phi) is 6.53. The van der Waals surface area contributed by atoms with E-state index < -0.39 is 0 Å². The topological polar surface area (TPSA) is 74.3 Å². The van der Waals surface area contributed by atoms with Crippen LogP contribution in [0.15, 0.2) is 36.5 Å². The number of pyridine rings is 1. The zero-order valence-electron chi connectivity index (χ0n) is 17.0. The fourth-order valence-electron chi connectivity index (χ4n) is 3.82. The third-order valence-corrected chi connectivity index (χ3v) is 6.15. The maximum Gasteiger partial charge on any atom is 0.255 e. The van der Waals surface area contributed by atoms with Crippen LogP contribution in [0.3, 0.4) is 0 Å². The molecular weight excluding hydrogens is 400 g/mol. The van der Waals surface area contributed by atoms with Gasteiger partial charge in [0, 0.05) is 37.4 Å². The van der Waals surface area contributed by atoms with Crippen LogP contribution in [0.1, 0.15) is 54.4 Å². The first kappa shape index (κ1) is 20.7. The van der Waals surface area contributed by atoms with Crippen molar-refractivity contribution in [2.24, 2.45) is 5.92 Å². The van der Waals surface area contributed by atoms with Gasteiger partial charge in [-0.1, -0.05) is 30.2 Å². The van der Waals surface area contributed by atoms with Crippen molar-refractivity contribution in [3.05, 3.63) is 52.7 Å². The lowest BCUT2D eigenvalue weighted by Gasteiger charge is -2.26. The minimum Gasteiger partial charge on any atom is -0.365 e. The van der Waals surface area contributed by atoms with Crippen molar-refractivity contribution in [2.75, 3.05) is 23.7 Å². The molecule has 2 aliphatic rings. The summed E-state index contributed by atoms with van der Waals surface area (Å²) in [5.74, 6) is 0.785. The first-order valence-corrected chi connectivity index (χ1v) is 11.1. The van der Waals surface area contributed by atoms with Crippen LogP contribution in [0.5, 0.6) is 0 Å². The van der Waals surface area contributed by atoms with Crippen molar-refractivity contribution in [2.45, 2.75) is 45.1 Å². The predicted molar refractivity (Wildman–Crippen MR) is 119 cm³/mol. The fourth-order valence-corrected chi connectivity index (χ4v) is 4.06. The second-order valence-electron chi connectivity index (χ2n) is 8.08. The molecule has 7 heteroatoms. The van der Waals surface area contributed by atoms with E-state index in [-0.39, 0.29) is 17.7 Å². The number of benzene rings is 1. The van der Waals surface area contributed by atoms with Crippen molar-refractivity contribution < 1.29 is 9.59 Å². The number of halogens is 1. The zero-order chi connectivity index (χ0) is 20.9. The maximum atomic E-state index is 12.6. The number of carbonyl (C=O) groups is 2. The minimum absolute atomic E-state index is 0.00874. The van der Waals surface area contributed by atoms with Gasteiger partial charge in [-0.3, -0.25) is 9.59 Å². The summed E-state index contributed by atoms with van der Waals surface area (Å²) in [6.07, 6.45) is 7.95. The largest absolute Gasteiger partial charge is 0.365 e. The highest BCUT2D eigenvalue weighted by molar-refractivity contribution is 6.33. The van der Waals surface area contributed by atoms with Crippen LogP contribution in [0.4, 0.5) is 11.5 Å². The first-order valence-electron chi connectivity index (χ1n) is 10.7. The maximum absolute atomic E-state index is 12.6. The number of carbonyl (C=O) groups excluding carboxylic acids is 2. The van der Waals surface area contributed by atoms with E-state index in [1.165, 1.54) is 6.42 Å². The van der Waals surface area contributed by atoms with E-state index in [0.717, 1.165) is 56.4 Å². The lowest BCUT2D eigenvalue weighted by Crippen LogP contribution is -2.35. The molecule has 2 aromatic rings. The van der Waals surface area contributed by atoms with E-state index in [2.05, 4.69) is 15.6 Å². The molecule has 1 aromatic heterocycles. The number of amides is 2. The van der Waals surface area contributed by atoms with Crippen molar-refractivity contribution >= 4 is 34.9 Å². The van der Waals surface area contributed by atoms with Gasteiger partial charge >= 0.3 is 0 Å². The Labute approximate surface area is 182 Å². The number of piperidine rings is 1. The molecule has 1 aliphatic carbocycles. The SMILES string of the molecule is O=C(Nc1cccc(CNc2ncc(C(=O)N3CCCCC3)cc2Cl)c1)C1CCC1. The molecule has 2 N–H and O–H groups in total. The number of aromatic nitrogens is 1. The smallest absolute Gasteiger partial charge is 0.255 e. The molecular formula is C23H27ClN4O2. The van der Waals surface area contributed by atoms with Gasteiger partial charge in [0.2, 0.25) is 5.91 Å². The van der Waals surface area contributed by atoms with Gasteiger partial charge in [0.05, 0.1) is 10.6 Å². The van der Waals surface area contributed by atoms with Crippen molar-refractivity contribution in [3.63, 3.8) is 0 Å². The Bertz CT molecular complexity index is 923. The number of nitrogens with zero attached hydrogens (tertiary/aromatic N) is 2. The average molecular weight is 427 g/mol. The van der Waals surface area contributed by atoms with Crippen LogP contribution in [-0.4, -0.2) is 34.8 Å². The molecule has 0 radical (unpaired) electrons. The molecule has 1 saturated carbocycles. The second-order valence-corrected chi connectivity index (χ2v) is 8.49. The molecule has 0 atom stereocenters. The van der Waals surface area contributed by atoms with E-state index >= 15 is 0 Å². The lowest BCUT2D eigenvalue weighted by atomic mass is 9.85. The number of rotatable bonds is 6. The van der Waals surface area contributed by atoms with Gasteiger partial charge in [-0.2, -0.15) is 0 Å². The fraction of sp³-hybridized carbons (Fsp3) is 0.435. The molecule has 1 aliphatic heterocycles. The predicted octanol–water partition coefficient (Wildman–Crippen LogP) is 4.71. The standard InChI is InChI=1S/C23H27ClN4O2/c24-20-13-18(23(30)28-10-2-1-3-11-28)15-26-21(20)25-14-16-6-4-9-19(12-16)27-22(29)17-7-5-8-17/h4,6,9,12-13,15,17H,1-3,5,7-8,10-11,14H2,(H,25,26)(H,27,29). The van der Waals surface area contributed by atoms with Crippen molar-refractivity contribution in [1.82, 2.24) is 9.88 Å². The summed E-state index contributed by atoms with van der Waals surface area (Å²) in [7, 11) is 0. The molecule has 0 bridgehead atoms. The Morgan fingerprint density at radius 1 is 1.10 bits per heavy atom. The summed E-state index contributed by atoms with van der Waals surface area (Å²) in [6.45, 7) is 2.10. The van der Waals surface area contributed by atoms with Crippen LogP contribution >= 0.6 is 11.6 Å². The lowest BCUT2D eigenvalue weighted by molar-refractivity contribution is -0.122. The van der Waals surface area contributed by atoms with Gasteiger partial charge in [0.25, 0.3) is 5.91 Å². The van der Waals surface area contributed by atoms with Crippen LogP contribution in [-0.2, 0) is 11.3 Å². The molecule has 4 rings (SSSR count). The molecule has 2 heterocycles. The van der Waals surface area contributed by atoms with Gasteiger partial charge in [-0.15, -0.1) is 0 Å². The highest BCUT2D eigenvalue weighted by atomic mass is 35.5. The number of anilines is 2. The number of hydrogen-bond donors (Lipinski definition) is 2. The minimum atomic E-state index is -0.00874. The highest BCUT2D eigenvalue weighted by Gasteiger charge is 2.25. The number of hydrogen-bond acceptors (Lipinski definition) is 4. The Hall–Kier alpha value is -2.60.